The summed E-state index contributed by atoms with van der Waals surface area (Å²) in [5.41, 5.74) is -0.0801. The molecule has 0 bridgehead atoms. The summed E-state index contributed by atoms with van der Waals surface area (Å²) in [5.74, 6) is 0.673. The number of hydrogen-bond donors (Lipinski definition) is 1. The monoisotopic (exact) mass is 288 g/mol. The summed E-state index contributed by atoms with van der Waals surface area (Å²) in [6, 6.07) is 2.11. The maximum atomic E-state index is 8.02. The summed E-state index contributed by atoms with van der Waals surface area (Å²) >= 11 is 5.16. The fourth-order valence-electron chi connectivity index (χ4n) is 1.32. The van der Waals surface area contributed by atoms with Gasteiger partial charge in [0.2, 0.25) is 0 Å². The van der Waals surface area contributed by atoms with Crippen LogP contribution >= 0.6 is 27.3 Å². The Labute approximate surface area is 104 Å². The van der Waals surface area contributed by atoms with Gasteiger partial charge in [-0.3, -0.25) is 5.41 Å². The van der Waals surface area contributed by atoms with Crippen LogP contribution < -0.4 is 0 Å². The van der Waals surface area contributed by atoms with Crippen LogP contribution in [-0.2, 0) is 6.54 Å². The molecule has 0 unspecified atom stereocenters. The van der Waals surface area contributed by atoms with Crippen molar-refractivity contribution < 1.29 is 0 Å². The van der Waals surface area contributed by atoms with E-state index in [0.717, 1.165) is 11.0 Å². The highest BCUT2D eigenvalue weighted by Gasteiger charge is 2.21. The Morgan fingerprint density at radius 2 is 2.13 bits per heavy atom. The second kappa shape index (κ2) is 4.66. The van der Waals surface area contributed by atoms with E-state index in [4.69, 9.17) is 5.41 Å². The van der Waals surface area contributed by atoms with Crippen molar-refractivity contribution in [2.45, 2.75) is 27.3 Å². The van der Waals surface area contributed by atoms with Gasteiger partial charge in [0, 0.05) is 27.2 Å². The number of amidine groups is 1. The number of hydrogen-bond acceptors (Lipinski definition) is 2. The Hall–Kier alpha value is -0.350. The molecule has 0 radical (unpaired) electrons. The van der Waals surface area contributed by atoms with Gasteiger partial charge in [-0.05, 0) is 22.0 Å². The van der Waals surface area contributed by atoms with Gasteiger partial charge in [0.15, 0.2) is 0 Å². The third kappa shape index (κ3) is 3.61. The summed E-state index contributed by atoms with van der Waals surface area (Å²) in [5, 5.41) is 10.1. The lowest BCUT2D eigenvalue weighted by Crippen LogP contribution is -2.35. The highest BCUT2D eigenvalue weighted by Crippen LogP contribution is 2.23. The van der Waals surface area contributed by atoms with Gasteiger partial charge in [0.05, 0.1) is 6.54 Å². The molecule has 0 atom stereocenters. The molecule has 0 spiro atoms. The predicted octanol–water partition coefficient (Wildman–Crippen LogP) is 3.97. The molecule has 2 nitrogen and oxygen atoms in total. The highest BCUT2D eigenvalue weighted by atomic mass is 79.9. The van der Waals surface area contributed by atoms with Crippen molar-refractivity contribution in [2.75, 3.05) is 7.05 Å². The van der Waals surface area contributed by atoms with Crippen LogP contribution in [0.15, 0.2) is 15.9 Å². The molecule has 84 valence electrons. The molecule has 15 heavy (non-hydrogen) atoms. The third-order valence-corrected chi connectivity index (χ3v) is 3.79. The number of halogens is 1. The van der Waals surface area contributed by atoms with E-state index in [1.807, 2.05) is 11.9 Å². The molecular weight excluding hydrogens is 272 g/mol. The molecule has 0 saturated carbocycles. The molecule has 1 aromatic rings. The van der Waals surface area contributed by atoms with Gasteiger partial charge in [0.25, 0.3) is 0 Å². The van der Waals surface area contributed by atoms with Gasteiger partial charge in [-0.15, -0.1) is 11.3 Å². The Balaban J connectivity index is 2.64. The molecule has 0 aliphatic carbocycles. The second-order valence-corrected chi connectivity index (χ2v) is 6.60. The topological polar surface area (TPSA) is 27.1 Å². The average molecular weight is 289 g/mol. The Morgan fingerprint density at radius 1 is 1.53 bits per heavy atom. The van der Waals surface area contributed by atoms with E-state index < -0.39 is 0 Å². The summed E-state index contributed by atoms with van der Waals surface area (Å²) in [7, 11) is 1.97. The van der Waals surface area contributed by atoms with Crippen LogP contribution in [0.5, 0.6) is 0 Å². The largest absolute Gasteiger partial charge is 0.358 e. The molecular formula is C11H17BrN2S. The van der Waals surface area contributed by atoms with E-state index in [-0.39, 0.29) is 5.41 Å². The number of nitrogens with one attached hydrogen (secondary N) is 1. The fraction of sp³-hybridized carbons (Fsp3) is 0.545. The van der Waals surface area contributed by atoms with Gasteiger partial charge in [0.1, 0.15) is 5.84 Å². The van der Waals surface area contributed by atoms with E-state index in [9.17, 15) is 0 Å². The van der Waals surface area contributed by atoms with Crippen LogP contribution in [0.25, 0.3) is 0 Å². The van der Waals surface area contributed by atoms with Crippen molar-refractivity contribution >= 4 is 33.1 Å². The van der Waals surface area contributed by atoms with Crippen molar-refractivity contribution in [1.82, 2.24) is 4.90 Å². The number of rotatable bonds is 2. The molecule has 0 aliphatic rings. The zero-order valence-corrected chi connectivity index (χ0v) is 12.0. The van der Waals surface area contributed by atoms with Gasteiger partial charge >= 0.3 is 0 Å². The lowest BCUT2D eigenvalue weighted by atomic mass is 9.94. The van der Waals surface area contributed by atoms with Crippen molar-refractivity contribution in [2.24, 2.45) is 5.41 Å². The van der Waals surface area contributed by atoms with Gasteiger partial charge < -0.3 is 4.90 Å². The van der Waals surface area contributed by atoms with E-state index >= 15 is 0 Å². The van der Waals surface area contributed by atoms with Crippen molar-refractivity contribution in [3.63, 3.8) is 0 Å². The Bertz CT molecular complexity index is 352. The second-order valence-electron chi connectivity index (χ2n) is 4.69. The van der Waals surface area contributed by atoms with E-state index in [0.29, 0.717) is 5.84 Å². The van der Waals surface area contributed by atoms with Crippen LogP contribution in [0, 0.1) is 10.8 Å². The van der Waals surface area contributed by atoms with Crippen LogP contribution in [0.3, 0.4) is 0 Å². The smallest absolute Gasteiger partial charge is 0.101 e. The first-order valence-electron chi connectivity index (χ1n) is 4.84. The molecule has 0 saturated heterocycles. The third-order valence-electron chi connectivity index (χ3n) is 2.11. The first-order valence-corrected chi connectivity index (χ1v) is 6.51. The van der Waals surface area contributed by atoms with Gasteiger partial charge in [-0.25, -0.2) is 0 Å². The lowest BCUT2D eigenvalue weighted by Gasteiger charge is -2.28. The molecule has 0 amide bonds. The maximum Gasteiger partial charge on any atom is 0.101 e. The van der Waals surface area contributed by atoms with Gasteiger partial charge in [-0.1, -0.05) is 20.8 Å². The Kier molecular flexibility index (Phi) is 3.95. The molecule has 1 heterocycles. The molecule has 0 aromatic carbocycles. The van der Waals surface area contributed by atoms with Crippen molar-refractivity contribution in [3.05, 3.63) is 20.8 Å². The normalized spacial score (nSPS) is 11.5. The maximum absolute atomic E-state index is 8.02. The summed E-state index contributed by atoms with van der Waals surface area (Å²) in [4.78, 5) is 3.27. The highest BCUT2D eigenvalue weighted by molar-refractivity contribution is 9.10. The zero-order chi connectivity index (χ0) is 11.6. The number of thiophene rings is 1. The van der Waals surface area contributed by atoms with Crippen molar-refractivity contribution in [1.29, 1.82) is 5.41 Å². The fourth-order valence-corrected chi connectivity index (χ4v) is 2.83. The lowest BCUT2D eigenvalue weighted by molar-refractivity contribution is 0.420. The first kappa shape index (κ1) is 12.7. The molecule has 0 fully saturated rings. The average Bonchev–Trinajstić information content (AvgIpc) is 2.48. The predicted molar refractivity (Wildman–Crippen MR) is 70.7 cm³/mol. The van der Waals surface area contributed by atoms with Crippen LogP contribution in [0.4, 0.5) is 0 Å². The van der Waals surface area contributed by atoms with Gasteiger partial charge in [-0.2, -0.15) is 0 Å². The van der Waals surface area contributed by atoms with Crippen LogP contribution in [0.1, 0.15) is 25.6 Å². The summed E-state index contributed by atoms with van der Waals surface area (Å²) < 4.78 is 1.12. The minimum Gasteiger partial charge on any atom is -0.358 e. The minimum atomic E-state index is -0.0801. The summed E-state index contributed by atoms with van der Waals surface area (Å²) in [6.07, 6.45) is 0. The van der Waals surface area contributed by atoms with Crippen molar-refractivity contribution in [3.8, 4) is 0 Å². The Morgan fingerprint density at radius 3 is 2.53 bits per heavy atom. The van der Waals surface area contributed by atoms with Crippen LogP contribution in [0.2, 0.25) is 0 Å². The standard InChI is InChI=1S/C11H17BrN2S/c1-11(2,3)10(13)14(4)6-9-5-8(12)7-15-9/h5,7,13H,6H2,1-4H3. The summed E-state index contributed by atoms with van der Waals surface area (Å²) in [6.45, 7) is 7.01. The van der Waals surface area contributed by atoms with E-state index in [1.165, 1.54) is 4.88 Å². The zero-order valence-electron chi connectivity index (χ0n) is 9.60. The van der Waals surface area contributed by atoms with E-state index in [1.54, 1.807) is 11.3 Å². The van der Waals surface area contributed by atoms with Crippen LogP contribution in [-0.4, -0.2) is 17.8 Å². The SMILES string of the molecule is CN(Cc1cc(Br)cs1)C(=N)C(C)(C)C. The molecule has 1 aromatic heterocycles. The molecule has 0 aliphatic heterocycles. The van der Waals surface area contributed by atoms with E-state index in [2.05, 4.69) is 48.1 Å². The number of nitrogens with zero attached hydrogens (tertiary/aromatic N) is 1. The molecule has 1 rings (SSSR count). The quantitative estimate of drug-likeness (QED) is 0.647. The minimum absolute atomic E-state index is 0.0801. The molecule has 1 N–H and O–H groups in total. The first-order chi connectivity index (χ1) is 6.80. The molecule has 4 heteroatoms.